The zero-order valence-corrected chi connectivity index (χ0v) is 11.4. The molecular weight excluding hydrogens is 252 g/mol. The lowest BCUT2D eigenvalue weighted by Gasteiger charge is -2.12. The molecule has 2 heterocycles. The molecule has 0 fully saturated rings. The second-order valence-electron chi connectivity index (χ2n) is 4.45. The molecule has 0 N–H and O–H groups in total. The van der Waals surface area contributed by atoms with Crippen molar-refractivity contribution >= 4 is 9.84 Å². The number of aromatic nitrogens is 4. The predicted molar refractivity (Wildman–Crippen MR) is 67.1 cm³/mol. The molecule has 6 nitrogen and oxygen atoms in total. The Morgan fingerprint density at radius 2 is 1.89 bits per heavy atom. The van der Waals surface area contributed by atoms with Gasteiger partial charge in [-0.25, -0.2) is 18.4 Å². The Kier molecular flexibility index (Phi) is 3.25. The van der Waals surface area contributed by atoms with Crippen molar-refractivity contribution in [3.8, 4) is 0 Å². The minimum absolute atomic E-state index is 0.0702. The van der Waals surface area contributed by atoms with E-state index in [9.17, 15) is 8.42 Å². The molecule has 2 rings (SSSR count). The Balaban J connectivity index is 2.36. The molecule has 0 spiro atoms. The Labute approximate surface area is 106 Å². The van der Waals surface area contributed by atoms with E-state index in [1.54, 1.807) is 17.0 Å². The van der Waals surface area contributed by atoms with Crippen LogP contribution in [0.25, 0.3) is 0 Å². The van der Waals surface area contributed by atoms with Gasteiger partial charge in [0.2, 0.25) is 15.0 Å². The lowest BCUT2D eigenvalue weighted by atomic mass is 10.4. The van der Waals surface area contributed by atoms with E-state index in [-0.39, 0.29) is 11.2 Å². The molecule has 2 aromatic heterocycles. The molecule has 0 aliphatic heterocycles. The minimum Gasteiger partial charge on any atom is -0.331 e. The third-order valence-corrected chi connectivity index (χ3v) is 3.63. The normalized spacial score (nSPS) is 12.2. The highest BCUT2D eigenvalue weighted by Gasteiger charge is 2.16. The first kappa shape index (κ1) is 12.8. The Morgan fingerprint density at radius 3 is 2.50 bits per heavy atom. The first-order valence-corrected chi connectivity index (χ1v) is 7.51. The number of hydrogen-bond acceptors (Lipinski definition) is 4. The zero-order valence-electron chi connectivity index (χ0n) is 10.6. The van der Waals surface area contributed by atoms with Gasteiger partial charge in [-0.1, -0.05) is 0 Å². The highest BCUT2D eigenvalue weighted by atomic mass is 32.2. The van der Waals surface area contributed by atoms with Gasteiger partial charge >= 0.3 is 0 Å². The fourth-order valence-electron chi connectivity index (χ4n) is 1.83. The van der Waals surface area contributed by atoms with Crippen LogP contribution < -0.4 is 0 Å². The van der Waals surface area contributed by atoms with Gasteiger partial charge in [0, 0.05) is 37.1 Å². The zero-order chi connectivity index (χ0) is 13.3. The number of sulfone groups is 1. The summed E-state index contributed by atoms with van der Waals surface area (Å²) in [5.41, 5.74) is 0. The van der Waals surface area contributed by atoms with Crippen LogP contribution in [0, 0.1) is 0 Å². The highest BCUT2D eigenvalue weighted by molar-refractivity contribution is 7.90. The summed E-state index contributed by atoms with van der Waals surface area (Å²) in [6, 6.07) is 0.285. The molecule has 0 saturated heterocycles. The molecular formula is C11H16N4O2S. The maximum Gasteiger partial charge on any atom is 0.227 e. The molecule has 0 aliphatic carbocycles. The fourth-order valence-corrected chi connectivity index (χ4v) is 2.64. The second-order valence-corrected chi connectivity index (χ2v) is 6.36. The number of nitrogens with zero attached hydrogens (tertiary/aromatic N) is 4. The Morgan fingerprint density at radius 1 is 1.22 bits per heavy atom. The van der Waals surface area contributed by atoms with Crippen molar-refractivity contribution < 1.29 is 8.42 Å². The molecule has 0 atom stereocenters. The maximum absolute atomic E-state index is 11.6. The molecule has 0 bridgehead atoms. The summed E-state index contributed by atoms with van der Waals surface area (Å²) in [4.78, 5) is 8.14. The monoisotopic (exact) mass is 268 g/mol. The molecule has 0 unspecified atom stereocenters. The van der Waals surface area contributed by atoms with Gasteiger partial charge in [0.25, 0.3) is 0 Å². The lowest BCUT2D eigenvalue weighted by molar-refractivity contribution is 0.534. The van der Waals surface area contributed by atoms with Crippen molar-refractivity contribution in [2.75, 3.05) is 6.26 Å². The van der Waals surface area contributed by atoms with Crippen molar-refractivity contribution in [3.63, 3.8) is 0 Å². The number of rotatable bonds is 4. The van der Waals surface area contributed by atoms with Crippen LogP contribution in [0.2, 0.25) is 0 Å². The average Bonchev–Trinajstić information content (AvgIpc) is 2.85. The molecule has 0 radical (unpaired) electrons. The van der Waals surface area contributed by atoms with E-state index in [0.717, 1.165) is 12.1 Å². The smallest absolute Gasteiger partial charge is 0.227 e. The van der Waals surface area contributed by atoms with Gasteiger partial charge in [-0.15, -0.1) is 0 Å². The van der Waals surface area contributed by atoms with Gasteiger partial charge in [0.1, 0.15) is 5.82 Å². The van der Waals surface area contributed by atoms with Crippen LogP contribution in [0.4, 0.5) is 0 Å². The SMILES string of the molecule is CC(C)n1ccnc1Cn1ccnc1S(C)(=O)=O. The van der Waals surface area contributed by atoms with E-state index in [1.165, 1.54) is 6.20 Å². The standard InChI is InChI=1S/C11H16N4O2S/c1-9(2)15-7-5-12-10(15)8-14-6-4-13-11(14)18(3,16)17/h4-7,9H,8H2,1-3H3. The molecule has 0 amide bonds. The third kappa shape index (κ3) is 2.45. The quantitative estimate of drug-likeness (QED) is 0.833. The summed E-state index contributed by atoms with van der Waals surface area (Å²) in [7, 11) is -3.31. The average molecular weight is 268 g/mol. The molecule has 0 aliphatic rings. The van der Waals surface area contributed by atoms with Crippen LogP contribution in [-0.2, 0) is 16.4 Å². The summed E-state index contributed by atoms with van der Waals surface area (Å²) in [5, 5.41) is 0.0702. The summed E-state index contributed by atoms with van der Waals surface area (Å²) < 4.78 is 26.7. The maximum atomic E-state index is 11.6. The van der Waals surface area contributed by atoms with Crippen LogP contribution in [0.5, 0.6) is 0 Å². The topological polar surface area (TPSA) is 69.8 Å². The fraction of sp³-hybridized carbons (Fsp3) is 0.455. The van der Waals surface area contributed by atoms with Crippen LogP contribution in [0.1, 0.15) is 25.7 Å². The molecule has 0 aromatic carbocycles. The number of imidazole rings is 2. The van der Waals surface area contributed by atoms with Gasteiger partial charge < -0.3 is 9.13 Å². The van der Waals surface area contributed by atoms with Crippen molar-refractivity contribution in [2.24, 2.45) is 0 Å². The van der Waals surface area contributed by atoms with Crippen LogP contribution in [0.15, 0.2) is 29.9 Å². The molecule has 98 valence electrons. The predicted octanol–water partition coefficient (Wildman–Crippen LogP) is 1.11. The highest BCUT2D eigenvalue weighted by Crippen LogP contribution is 2.12. The number of hydrogen-bond donors (Lipinski definition) is 0. The van der Waals surface area contributed by atoms with E-state index >= 15 is 0 Å². The first-order valence-electron chi connectivity index (χ1n) is 5.62. The van der Waals surface area contributed by atoms with Crippen LogP contribution in [0.3, 0.4) is 0 Å². The largest absolute Gasteiger partial charge is 0.331 e. The summed E-state index contributed by atoms with van der Waals surface area (Å²) >= 11 is 0. The van der Waals surface area contributed by atoms with Gasteiger partial charge in [-0.05, 0) is 13.8 Å². The molecule has 2 aromatic rings. The summed E-state index contributed by atoms with van der Waals surface area (Å²) in [6.45, 7) is 4.50. The van der Waals surface area contributed by atoms with Gasteiger partial charge in [-0.2, -0.15) is 0 Å². The van der Waals surface area contributed by atoms with E-state index in [0.29, 0.717) is 6.54 Å². The molecule has 18 heavy (non-hydrogen) atoms. The van der Waals surface area contributed by atoms with Crippen LogP contribution in [-0.4, -0.2) is 33.8 Å². The molecule has 7 heteroatoms. The van der Waals surface area contributed by atoms with Crippen molar-refractivity contribution in [3.05, 3.63) is 30.6 Å². The third-order valence-electron chi connectivity index (χ3n) is 2.63. The lowest BCUT2D eigenvalue weighted by Crippen LogP contribution is -2.14. The van der Waals surface area contributed by atoms with E-state index in [2.05, 4.69) is 23.8 Å². The van der Waals surface area contributed by atoms with E-state index in [4.69, 9.17) is 0 Å². The van der Waals surface area contributed by atoms with Crippen molar-refractivity contribution in [1.29, 1.82) is 0 Å². The summed E-state index contributed by atoms with van der Waals surface area (Å²) in [6.07, 6.45) is 7.89. The van der Waals surface area contributed by atoms with Gasteiger partial charge in [-0.3, -0.25) is 0 Å². The first-order chi connectivity index (χ1) is 8.39. The van der Waals surface area contributed by atoms with Gasteiger partial charge in [0.15, 0.2) is 0 Å². The Bertz CT molecular complexity index is 640. The second kappa shape index (κ2) is 4.56. The summed E-state index contributed by atoms with van der Waals surface area (Å²) in [5.74, 6) is 0.813. The minimum atomic E-state index is -3.31. The molecule has 0 saturated carbocycles. The van der Waals surface area contributed by atoms with Crippen molar-refractivity contribution in [1.82, 2.24) is 19.1 Å². The van der Waals surface area contributed by atoms with E-state index in [1.807, 2.05) is 10.8 Å². The van der Waals surface area contributed by atoms with E-state index < -0.39 is 9.84 Å². The van der Waals surface area contributed by atoms with Crippen molar-refractivity contribution in [2.45, 2.75) is 31.6 Å². The Hall–Kier alpha value is -1.63. The van der Waals surface area contributed by atoms with Crippen LogP contribution >= 0.6 is 0 Å². The van der Waals surface area contributed by atoms with Gasteiger partial charge in [0.05, 0.1) is 6.54 Å².